The summed E-state index contributed by atoms with van der Waals surface area (Å²) in [6.45, 7) is 5.55. The molecule has 0 N–H and O–H groups in total. The lowest BCUT2D eigenvalue weighted by Gasteiger charge is -2.05. The molecule has 0 aliphatic heterocycles. The molecule has 0 saturated heterocycles. The van der Waals surface area contributed by atoms with Crippen LogP contribution in [0.25, 0.3) is 0 Å². The summed E-state index contributed by atoms with van der Waals surface area (Å²) in [5, 5.41) is 16.2. The molecule has 20 heavy (non-hydrogen) atoms. The molecule has 0 amide bonds. The van der Waals surface area contributed by atoms with E-state index >= 15 is 0 Å². The topological polar surface area (TPSA) is 74.3 Å². The van der Waals surface area contributed by atoms with E-state index in [2.05, 4.69) is 38.8 Å². The van der Waals surface area contributed by atoms with E-state index in [9.17, 15) is 0 Å². The van der Waals surface area contributed by atoms with E-state index < -0.39 is 0 Å². The molecular weight excluding hydrogens is 274 g/mol. The van der Waals surface area contributed by atoms with Gasteiger partial charge in [-0.25, -0.2) is 14.3 Å². The lowest BCUT2D eigenvalue weighted by atomic mass is 10.3. The first-order valence-electron chi connectivity index (χ1n) is 6.89. The molecule has 8 heteroatoms. The summed E-state index contributed by atoms with van der Waals surface area (Å²) in [7, 11) is 0. The average molecular weight is 295 g/mol. The van der Waals surface area contributed by atoms with Crippen LogP contribution in [0.5, 0.6) is 0 Å². The number of thioether (sulfide) groups is 1. The van der Waals surface area contributed by atoms with Crippen LogP contribution in [0.4, 0.5) is 0 Å². The lowest BCUT2D eigenvalue weighted by molar-refractivity contribution is 0.512. The van der Waals surface area contributed by atoms with E-state index in [4.69, 9.17) is 0 Å². The zero-order valence-corrected chi connectivity index (χ0v) is 13.1. The van der Waals surface area contributed by atoms with Crippen LogP contribution in [0.1, 0.15) is 37.2 Å². The van der Waals surface area contributed by atoms with Crippen molar-refractivity contribution in [2.75, 3.05) is 12.0 Å². The molecule has 0 radical (unpaired) electrons. The Bertz CT molecular complexity index is 534. The van der Waals surface area contributed by atoms with Gasteiger partial charge in [0.05, 0.1) is 0 Å². The van der Waals surface area contributed by atoms with Crippen molar-refractivity contribution in [3.63, 3.8) is 0 Å². The minimum Gasteiger partial charge on any atom is -0.248 e. The Labute approximate surface area is 123 Å². The second-order valence-corrected chi connectivity index (χ2v) is 5.63. The smallest absolute Gasteiger partial charge is 0.151 e. The molecule has 2 aromatic heterocycles. The maximum atomic E-state index is 4.64. The Hall–Kier alpha value is -1.44. The predicted molar refractivity (Wildman–Crippen MR) is 78.7 cm³/mol. The quantitative estimate of drug-likeness (QED) is 0.731. The Kier molecular flexibility index (Phi) is 5.51. The molecule has 0 aliphatic rings. The minimum atomic E-state index is 0.578. The summed E-state index contributed by atoms with van der Waals surface area (Å²) in [6.07, 6.45) is 5.25. The maximum absolute atomic E-state index is 4.64. The SMILES string of the molecule is CCCCn1nc(CCSC)nc1Cn1nnnc1C. The highest BCUT2D eigenvalue weighted by Gasteiger charge is 2.12. The van der Waals surface area contributed by atoms with Gasteiger partial charge in [-0.15, -0.1) is 5.10 Å². The fraction of sp³-hybridized carbons (Fsp3) is 0.750. The number of aryl methyl sites for hydroxylation is 3. The van der Waals surface area contributed by atoms with E-state index in [1.54, 1.807) is 4.68 Å². The van der Waals surface area contributed by atoms with E-state index in [1.165, 1.54) is 0 Å². The van der Waals surface area contributed by atoms with Crippen molar-refractivity contribution < 1.29 is 0 Å². The van der Waals surface area contributed by atoms with Crippen molar-refractivity contribution in [3.05, 3.63) is 17.5 Å². The molecule has 0 spiro atoms. The number of hydrogen-bond acceptors (Lipinski definition) is 6. The molecule has 2 aromatic rings. The van der Waals surface area contributed by atoms with Gasteiger partial charge in [0, 0.05) is 18.7 Å². The monoisotopic (exact) mass is 295 g/mol. The van der Waals surface area contributed by atoms with Crippen molar-refractivity contribution in [2.45, 2.75) is 46.2 Å². The highest BCUT2D eigenvalue weighted by Crippen LogP contribution is 2.07. The van der Waals surface area contributed by atoms with Crippen LogP contribution in [-0.4, -0.2) is 47.0 Å². The molecular formula is C12H21N7S. The van der Waals surface area contributed by atoms with Crippen LogP contribution in [0.15, 0.2) is 0 Å². The van der Waals surface area contributed by atoms with E-state index in [1.807, 2.05) is 23.4 Å². The van der Waals surface area contributed by atoms with Gasteiger partial charge in [-0.05, 0) is 30.0 Å². The predicted octanol–water partition coefficient (Wildman–Crippen LogP) is 1.33. The van der Waals surface area contributed by atoms with Crippen LogP contribution in [0.3, 0.4) is 0 Å². The van der Waals surface area contributed by atoms with Gasteiger partial charge in [0.2, 0.25) is 0 Å². The van der Waals surface area contributed by atoms with Crippen molar-refractivity contribution in [3.8, 4) is 0 Å². The number of unbranched alkanes of at least 4 members (excludes halogenated alkanes) is 1. The summed E-state index contributed by atoms with van der Waals surface area (Å²) >= 11 is 1.81. The summed E-state index contributed by atoms with van der Waals surface area (Å²) in [4.78, 5) is 4.64. The number of rotatable bonds is 8. The summed E-state index contributed by atoms with van der Waals surface area (Å²) in [5.74, 6) is 3.68. The molecule has 0 bridgehead atoms. The fourth-order valence-electron chi connectivity index (χ4n) is 1.86. The summed E-state index contributed by atoms with van der Waals surface area (Å²) < 4.78 is 3.76. The molecule has 110 valence electrons. The van der Waals surface area contributed by atoms with Crippen LogP contribution in [0.2, 0.25) is 0 Å². The van der Waals surface area contributed by atoms with Crippen molar-refractivity contribution in [1.82, 2.24) is 35.0 Å². The van der Waals surface area contributed by atoms with E-state index in [-0.39, 0.29) is 0 Å². The van der Waals surface area contributed by atoms with E-state index in [0.717, 1.165) is 49.0 Å². The van der Waals surface area contributed by atoms with Gasteiger partial charge in [-0.2, -0.15) is 16.9 Å². The average Bonchev–Trinajstić information content (AvgIpc) is 3.02. The Morgan fingerprint density at radius 3 is 2.75 bits per heavy atom. The molecule has 0 aromatic carbocycles. The van der Waals surface area contributed by atoms with Gasteiger partial charge in [0.15, 0.2) is 5.82 Å². The Balaban J connectivity index is 2.15. The van der Waals surface area contributed by atoms with Gasteiger partial charge < -0.3 is 0 Å². The van der Waals surface area contributed by atoms with Gasteiger partial charge in [-0.3, -0.25) is 0 Å². The summed E-state index contributed by atoms with van der Waals surface area (Å²) in [6, 6.07) is 0. The van der Waals surface area contributed by atoms with Crippen molar-refractivity contribution in [1.29, 1.82) is 0 Å². The highest BCUT2D eigenvalue weighted by molar-refractivity contribution is 7.98. The largest absolute Gasteiger partial charge is 0.248 e. The fourth-order valence-corrected chi connectivity index (χ4v) is 2.25. The molecule has 7 nitrogen and oxygen atoms in total. The van der Waals surface area contributed by atoms with Crippen molar-refractivity contribution in [2.24, 2.45) is 0 Å². The maximum Gasteiger partial charge on any atom is 0.151 e. The van der Waals surface area contributed by atoms with E-state index in [0.29, 0.717) is 6.54 Å². The Morgan fingerprint density at radius 1 is 1.25 bits per heavy atom. The van der Waals surface area contributed by atoms with Crippen LogP contribution in [-0.2, 0) is 19.5 Å². The van der Waals surface area contributed by atoms with Gasteiger partial charge in [-0.1, -0.05) is 13.3 Å². The van der Waals surface area contributed by atoms with Crippen molar-refractivity contribution >= 4 is 11.8 Å². The number of hydrogen-bond donors (Lipinski definition) is 0. The Morgan fingerprint density at radius 2 is 2.10 bits per heavy atom. The van der Waals surface area contributed by atoms with Gasteiger partial charge >= 0.3 is 0 Å². The second kappa shape index (κ2) is 7.37. The first-order chi connectivity index (χ1) is 9.74. The van der Waals surface area contributed by atoms with Gasteiger partial charge in [0.1, 0.15) is 18.2 Å². The molecule has 0 unspecified atom stereocenters. The molecule has 0 atom stereocenters. The normalized spacial score (nSPS) is 11.2. The molecule has 0 fully saturated rings. The molecule has 0 saturated carbocycles. The zero-order valence-electron chi connectivity index (χ0n) is 12.3. The lowest BCUT2D eigenvalue weighted by Crippen LogP contribution is -2.12. The molecule has 2 heterocycles. The van der Waals surface area contributed by atoms with Crippen LogP contribution in [0, 0.1) is 6.92 Å². The number of nitrogens with zero attached hydrogens (tertiary/aromatic N) is 7. The number of aromatic nitrogens is 7. The van der Waals surface area contributed by atoms with Crippen LogP contribution >= 0.6 is 11.8 Å². The standard InChI is InChI=1S/C12H21N7S/c1-4-5-7-18-12(9-19-10(2)14-16-17-19)13-11(15-18)6-8-20-3/h4-9H2,1-3H3. The van der Waals surface area contributed by atoms with Crippen LogP contribution < -0.4 is 0 Å². The highest BCUT2D eigenvalue weighted by atomic mass is 32.2. The van der Waals surface area contributed by atoms with Gasteiger partial charge in [0.25, 0.3) is 0 Å². The number of tetrazole rings is 1. The first kappa shape index (κ1) is 15.0. The molecule has 0 aliphatic carbocycles. The third kappa shape index (κ3) is 3.78. The third-order valence-corrected chi connectivity index (χ3v) is 3.66. The summed E-state index contributed by atoms with van der Waals surface area (Å²) in [5.41, 5.74) is 0. The molecule has 2 rings (SSSR count). The third-order valence-electron chi connectivity index (χ3n) is 3.05. The minimum absolute atomic E-state index is 0.578. The zero-order chi connectivity index (χ0) is 14.4. The second-order valence-electron chi connectivity index (χ2n) is 4.65. The first-order valence-corrected chi connectivity index (χ1v) is 8.28.